The fraction of sp³-hybridized carbons (Fsp3) is 1.00. The van der Waals surface area contributed by atoms with Crippen LogP contribution in [0.25, 0.3) is 0 Å². The molecule has 0 saturated heterocycles. The summed E-state index contributed by atoms with van der Waals surface area (Å²) in [6, 6.07) is 0. The van der Waals surface area contributed by atoms with E-state index >= 15 is 0 Å². The van der Waals surface area contributed by atoms with E-state index in [1.807, 2.05) is 0 Å². The fourth-order valence-electron chi connectivity index (χ4n) is 1.51. The van der Waals surface area contributed by atoms with Crippen LogP contribution in [0.3, 0.4) is 0 Å². The topological polar surface area (TPSA) is 18.5 Å². The molecule has 0 rings (SSSR count). The van der Waals surface area contributed by atoms with Gasteiger partial charge in [-0.3, -0.25) is 0 Å². The second kappa shape index (κ2) is 3.55. The van der Waals surface area contributed by atoms with Crippen molar-refractivity contribution >= 4 is 0 Å². The summed E-state index contributed by atoms with van der Waals surface area (Å²) in [5.74, 6) is -0.437. The van der Waals surface area contributed by atoms with Gasteiger partial charge in [0.15, 0.2) is 5.79 Å². The molecule has 0 atom stereocenters. The average Bonchev–Trinajstić information content (AvgIpc) is 1.90. The molecule has 0 bridgehead atoms. The monoisotopic (exact) mass is 160 g/mol. The zero-order valence-electron chi connectivity index (χ0n) is 8.52. The molecular weight excluding hydrogens is 140 g/mol. The maximum Gasteiger partial charge on any atom is 0.172 e. The van der Waals surface area contributed by atoms with Gasteiger partial charge >= 0.3 is 0 Å². The smallest absolute Gasteiger partial charge is 0.172 e. The second-order valence-electron chi connectivity index (χ2n) is 3.76. The summed E-state index contributed by atoms with van der Waals surface area (Å²) in [6.45, 7) is 8.41. The average molecular weight is 160 g/mol. The van der Waals surface area contributed by atoms with Crippen LogP contribution < -0.4 is 0 Å². The minimum absolute atomic E-state index is 0.0191. The second-order valence-corrected chi connectivity index (χ2v) is 3.76. The minimum atomic E-state index is -0.437. The summed E-state index contributed by atoms with van der Waals surface area (Å²) < 4.78 is 10.8. The highest BCUT2D eigenvalue weighted by molar-refractivity contribution is 4.81. The van der Waals surface area contributed by atoms with Gasteiger partial charge < -0.3 is 9.47 Å². The molecule has 0 aliphatic carbocycles. The Labute approximate surface area is 69.9 Å². The minimum Gasteiger partial charge on any atom is -0.353 e. The van der Waals surface area contributed by atoms with Crippen molar-refractivity contribution in [3.8, 4) is 0 Å². The predicted molar refractivity (Wildman–Crippen MR) is 46.5 cm³/mol. The number of hydrogen-bond acceptors (Lipinski definition) is 2. The van der Waals surface area contributed by atoms with Gasteiger partial charge in [-0.05, 0) is 6.42 Å². The normalized spacial score (nSPS) is 13.6. The Morgan fingerprint density at radius 2 is 1.36 bits per heavy atom. The quantitative estimate of drug-likeness (QED) is 0.590. The highest BCUT2D eigenvalue weighted by Crippen LogP contribution is 2.36. The summed E-state index contributed by atoms with van der Waals surface area (Å²) in [5.41, 5.74) is 0.0191. The molecule has 0 spiro atoms. The van der Waals surface area contributed by atoms with Crippen LogP contribution in [0.5, 0.6) is 0 Å². The van der Waals surface area contributed by atoms with Gasteiger partial charge in [0.05, 0.1) is 0 Å². The standard InChI is InChI=1S/C9H20O2/c1-7-9(10-5,11-6)8(2,3)4/h7H2,1-6H3. The molecule has 0 aromatic rings. The Morgan fingerprint density at radius 3 is 1.36 bits per heavy atom. The van der Waals surface area contributed by atoms with Gasteiger partial charge in [-0.2, -0.15) is 0 Å². The van der Waals surface area contributed by atoms with Crippen LogP contribution in [0.4, 0.5) is 0 Å². The van der Waals surface area contributed by atoms with Gasteiger partial charge in [0.25, 0.3) is 0 Å². The van der Waals surface area contributed by atoms with E-state index in [0.717, 1.165) is 6.42 Å². The van der Waals surface area contributed by atoms with Gasteiger partial charge in [0, 0.05) is 19.6 Å². The van der Waals surface area contributed by atoms with Crippen LogP contribution in [0.2, 0.25) is 0 Å². The lowest BCUT2D eigenvalue weighted by molar-refractivity contribution is -0.264. The predicted octanol–water partition coefficient (Wildman–Crippen LogP) is 2.43. The maximum absolute atomic E-state index is 5.38. The molecule has 0 N–H and O–H groups in total. The number of ether oxygens (including phenoxy) is 2. The van der Waals surface area contributed by atoms with E-state index in [1.165, 1.54) is 0 Å². The summed E-state index contributed by atoms with van der Waals surface area (Å²) in [4.78, 5) is 0. The molecule has 11 heavy (non-hydrogen) atoms. The van der Waals surface area contributed by atoms with Crippen molar-refractivity contribution in [1.82, 2.24) is 0 Å². The molecule has 0 radical (unpaired) electrons. The van der Waals surface area contributed by atoms with Crippen molar-refractivity contribution < 1.29 is 9.47 Å². The lowest BCUT2D eigenvalue weighted by Gasteiger charge is -2.41. The molecule has 0 unspecified atom stereocenters. The molecule has 0 saturated carbocycles. The molecule has 0 heterocycles. The van der Waals surface area contributed by atoms with Gasteiger partial charge in [0.2, 0.25) is 0 Å². The van der Waals surface area contributed by atoms with Crippen LogP contribution >= 0.6 is 0 Å². The lowest BCUT2D eigenvalue weighted by atomic mass is 9.83. The van der Waals surface area contributed by atoms with Gasteiger partial charge in [-0.1, -0.05) is 27.7 Å². The van der Waals surface area contributed by atoms with Crippen LogP contribution in [0, 0.1) is 5.41 Å². The van der Waals surface area contributed by atoms with E-state index in [0.29, 0.717) is 0 Å². The number of hydrogen-bond donors (Lipinski definition) is 0. The van der Waals surface area contributed by atoms with Crippen molar-refractivity contribution in [1.29, 1.82) is 0 Å². The summed E-state index contributed by atoms with van der Waals surface area (Å²) in [6.07, 6.45) is 0.865. The molecule has 0 aromatic carbocycles. The van der Waals surface area contributed by atoms with Crippen LogP contribution in [0.15, 0.2) is 0 Å². The third kappa shape index (κ3) is 1.94. The van der Waals surface area contributed by atoms with Crippen molar-refractivity contribution in [3.05, 3.63) is 0 Å². The van der Waals surface area contributed by atoms with Crippen molar-refractivity contribution in [2.75, 3.05) is 14.2 Å². The molecule has 0 fully saturated rings. The van der Waals surface area contributed by atoms with E-state index < -0.39 is 5.79 Å². The Morgan fingerprint density at radius 1 is 1.00 bits per heavy atom. The molecule has 2 heteroatoms. The fourth-order valence-corrected chi connectivity index (χ4v) is 1.51. The SMILES string of the molecule is CCC(OC)(OC)C(C)(C)C. The highest BCUT2D eigenvalue weighted by Gasteiger charge is 2.40. The largest absolute Gasteiger partial charge is 0.353 e. The van der Waals surface area contributed by atoms with E-state index in [9.17, 15) is 0 Å². The van der Waals surface area contributed by atoms with E-state index in [1.54, 1.807) is 14.2 Å². The molecule has 2 nitrogen and oxygen atoms in total. The van der Waals surface area contributed by atoms with Crippen LogP contribution in [0.1, 0.15) is 34.1 Å². The summed E-state index contributed by atoms with van der Waals surface area (Å²) >= 11 is 0. The Balaban J connectivity index is 4.54. The third-order valence-corrected chi connectivity index (χ3v) is 2.27. The Kier molecular flexibility index (Phi) is 3.52. The van der Waals surface area contributed by atoms with Crippen LogP contribution in [-0.4, -0.2) is 20.0 Å². The first-order chi connectivity index (χ1) is 4.93. The number of rotatable bonds is 3. The van der Waals surface area contributed by atoms with E-state index in [-0.39, 0.29) is 5.41 Å². The lowest BCUT2D eigenvalue weighted by Crippen LogP contribution is -2.45. The molecular formula is C9H20O2. The zero-order chi connectivity index (χ0) is 9.12. The van der Waals surface area contributed by atoms with Gasteiger partial charge in [-0.15, -0.1) is 0 Å². The van der Waals surface area contributed by atoms with Crippen LogP contribution in [-0.2, 0) is 9.47 Å². The zero-order valence-corrected chi connectivity index (χ0v) is 8.52. The maximum atomic E-state index is 5.38. The molecule has 0 aliphatic rings. The van der Waals surface area contributed by atoms with Crippen molar-refractivity contribution in [3.63, 3.8) is 0 Å². The first kappa shape index (κ1) is 10.9. The van der Waals surface area contributed by atoms with E-state index in [4.69, 9.17) is 9.47 Å². The summed E-state index contributed by atoms with van der Waals surface area (Å²) in [7, 11) is 3.39. The third-order valence-electron chi connectivity index (χ3n) is 2.27. The Hall–Kier alpha value is -0.0800. The number of methoxy groups -OCH3 is 2. The molecule has 0 amide bonds. The Bertz CT molecular complexity index is 101. The van der Waals surface area contributed by atoms with E-state index in [2.05, 4.69) is 27.7 Å². The molecule has 0 aliphatic heterocycles. The van der Waals surface area contributed by atoms with Crippen molar-refractivity contribution in [2.45, 2.75) is 39.9 Å². The van der Waals surface area contributed by atoms with Crippen molar-refractivity contribution in [2.24, 2.45) is 5.41 Å². The first-order valence-electron chi connectivity index (χ1n) is 4.04. The summed E-state index contributed by atoms with van der Waals surface area (Å²) in [5, 5.41) is 0. The van der Waals surface area contributed by atoms with Gasteiger partial charge in [-0.25, -0.2) is 0 Å². The van der Waals surface area contributed by atoms with Gasteiger partial charge in [0.1, 0.15) is 0 Å². The highest BCUT2D eigenvalue weighted by atomic mass is 16.7. The molecule has 68 valence electrons. The first-order valence-corrected chi connectivity index (χ1v) is 4.04. The molecule has 0 aromatic heterocycles.